The number of carbonyl (C=O) groups excluding carboxylic acids is 1. The van der Waals surface area contributed by atoms with Crippen molar-refractivity contribution in [1.29, 1.82) is 0 Å². The van der Waals surface area contributed by atoms with E-state index in [1.165, 1.54) is 17.9 Å². The number of carbonyl (C=O) groups is 1. The van der Waals surface area contributed by atoms with E-state index in [0.717, 1.165) is 11.8 Å². The summed E-state index contributed by atoms with van der Waals surface area (Å²) in [4.78, 5) is 12.4. The van der Waals surface area contributed by atoms with Crippen LogP contribution < -0.4 is 10.1 Å². The summed E-state index contributed by atoms with van der Waals surface area (Å²) in [5.41, 5.74) is 1.28. The van der Waals surface area contributed by atoms with Crippen LogP contribution in [0, 0.1) is 5.82 Å². The van der Waals surface area contributed by atoms with Gasteiger partial charge < -0.3 is 10.1 Å². The van der Waals surface area contributed by atoms with Crippen LogP contribution in [-0.2, 0) is 12.5 Å². The monoisotopic (exact) mass is 339 g/mol. The molecule has 0 saturated carbocycles. The fourth-order valence-electron chi connectivity index (χ4n) is 2.01. The Labute approximate surface area is 139 Å². The molecule has 0 radical (unpaired) electrons. The lowest BCUT2D eigenvalue weighted by Crippen LogP contribution is -2.16. The van der Waals surface area contributed by atoms with Crippen molar-refractivity contribution in [3.8, 4) is 5.75 Å². The van der Waals surface area contributed by atoms with Gasteiger partial charge in [0, 0.05) is 18.5 Å². The van der Waals surface area contributed by atoms with Crippen LogP contribution in [-0.4, -0.2) is 22.8 Å². The lowest BCUT2D eigenvalue weighted by molar-refractivity contribution is 0.101. The molecule has 0 atom stereocenters. The van der Waals surface area contributed by atoms with E-state index in [-0.39, 0.29) is 27.8 Å². The highest BCUT2D eigenvalue weighted by Crippen LogP contribution is 2.30. The summed E-state index contributed by atoms with van der Waals surface area (Å²) < 4.78 is 20.0. The second-order valence-corrected chi connectivity index (χ2v) is 6.62. The largest absolute Gasteiger partial charge is 0.494 e. The zero-order chi connectivity index (χ0) is 17.4. The number of amides is 1. The molecule has 0 aliphatic heterocycles. The van der Waals surface area contributed by atoms with E-state index in [2.05, 4.69) is 10.4 Å². The molecule has 0 unspecified atom stereocenters. The first-order valence-corrected chi connectivity index (χ1v) is 7.40. The Hall–Kier alpha value is -2.08. The number of hydrogen-bond donors (Lipinski definition) is 1. The number of nitrogens with zero attached hydrogens (tertiary/aromatic N) is 2. The summed E-state index contributed by atoms with van der Waals surface area (Å²) >= 11 is 5.97. The van der Waals surface area contributed by atoms with Crippen LogP contribution in [0.1, 0.15) is 37.0 Å². The number of benzene rings is 1. The number of hydrogen-bond acceptors (Lipinski definition) is 3. The van der Waals surface area contributed by atoms with Gasteiger partial charge in [-0.15, -0.1) is 0 Å². The Kier molecular flexibility index (Phi) is 4.66. The third-order valence-corrected chi connectivity index (χ3v) is 3.68. The average Bonchev–Trinajstić information content (AvgIpc) is 2.84. The highest BCUT2D eigenvalue weighted by Gasteiger charge is 2.22. The van der Waals surface area contributed by atoms with Crippen molar-refractivity contribution >= 4 is 23.2 Å². The first-order chi connectivity index (χ1) is 10.6. The summed E-state index contributed by atoms with van der Waals surface area (Å²) in [7, 11) is 3.03. The normalized spacial score (nSPS) is 11.4. The fraction of sp³-hybridized carbons (Fsp3) is 0.375. The Morgan fingerprint density at radius 2 is 2.00 bits per heavy atom. The number of methoxy groups -OCH3 is 1. The number of aryl methyl sites for hydroxylation is 1. The van der Waals surface area contributed by atoms with Crippen molar-refractivity contribution in [3.63, 3.8) is 0 Å². The van der Waals surface area contributed by atoms with Gasteiger partial charge in [-0.2, -0.15) is 5.10 Å². The molecule has 5 nitrogen and oxygen atoms in total. The van der Waals surface area contributed by atoms with Gasteiger partial charge in [-0.25, -0.2) is 4.39 Å². The van der Waals surface area contributed by atoms with E-state index in [9.17, 15) is 9.18 Å². The second kappa shape index (κ2) is 6.20. The van der Waals surface area contributed by atoms with E-state index >= 15 is 0 Å². The molecular weight excluding hydrogens is 321 g/mol. The molecule has 1 aromatic heterocycles. The molecule has 0 bridgehead atoms. The molecule has 1 aromatic carbocycles. The number of rotatable bonds is 3. The van der Waals surface area contributed by atoms with Crippen molar-refractivity contribution in [2.45, 2.75) is 26.2 Å². The van der Waals surface area contributed by atoms with Gasteiger partial charge in [0.15, 0.2) is 11.6 Å². The SMILES string of the molecule is COc1cc(NC(=O)c2cc(C(C)(C)C)nn2C)c(Cl)cc1F. The van der Waals surface area contributed by atoms with Crippen LogP contribution in [0.25, 0.3) is 0 Å². The predicted octanol–water partition coefficient (Wildman–Crippen LogP) is 3.77. The van der Waals surface area contributed by atoms with Crippen molar-refractivity contribution in [2.24, 2.45) is 7.05 Å². The molecule has 23 heavy (non-hydrogen) atoms. The predicted molar refractivity (Wildman–Crippen MR) is 87.8 cm³/mol. The number of anilines is 1. The molecule has 0 saturated heterocycles. The highest BCUT2D eigenvalue weighted by atomic mass is 35.5. The molecule has 0 fully saturated rings. The summed E-state index contributed by atoms with van der Waals surface area (Å²) in [6.45, 7) is 6.04. The Morgan fingerprint density at radius 1 is 1.35 bits per heavy atom. The maximum Gasteiger partial charge on any atom is 0.273 e. The average molecular weight is 340 g/mol. The number of halogens is 2. The van der Waals surface area contributed by atoms with E-state index in [0.29, 0.717) is 5.69 Å². The molecule has 0 spiro atoms. The maximum absolute atomic E-state index is 13.6. The van der Waals surface area contributed by atoms with Crippen LogP contribution >= 0.6 is 11.6 Å². The molecule has 2 aromatic rings. The first-order valence-electron chi connectivity index (χ1n) is 7.02. The van der Waals surface area contributed by atoms with Gasteiger partial charge in [0.25, 0.3) is 5.91 Å². The zero-order valence-corrected chi connectivity index (χ0v) is 14.5. The minimum atomic E-state index is -0.592. The minimum absolute atomic E-state index is 0.00471. The van der Waals surface area contributed by atoms with E-state index in [4.69, 9.17) is 16.3 Å². The Balaban J connectivity index is 2.31. The lowest BCUT2D eigenvalue weighted by atomic mass is 9.92. The fourth-order valence-corrected chi connectivity index (χ4v) is 2.21. The van der Waals surface area contributed by atoms with E-state index < -0.39 is 5.82 Å². The van der Waals surface area contributed by atoms with E-state index in [1.807, 2.05) is 20.8 Å². The number of ether oxygens (including phenoxy) is 1. The number of aromatic nitrogens is 2. The standard InChI is InChI=1S/C16H19ClFN3O2/c1-16(2,3)14-8-12(21(4)20-14)15(22)19-11-7-13(23-5)10(18)6-9(11)17/h6-8H,1-5H3,(H,19,22). The van der Waals surface area contributed by atoms with Gasteiger partial charge in [-0.3, -0.25) is 9.48 Å². The second-order valence-electron chi connectivity index (χ2n) is 6.21. The van der Waals surface area contributed by atoms with Crippen molar-refractivity contribution in [1.82, 2.24) is 9.78 Å². The Morgan fingerprint density at radius 3 is 2.52 bits per heavy atom. The summed E-state index contributed by atoms with van der Waals surface area (Å²) in [5.74, 6) is -0.970. The van der Waals surface area contributed by atoms with Crippen LogP contribution in [0.4, 0.5) is 10.1 Å². The molecule has 0 aliphatic carbocycles. The molecule has 1 heterocycles. The number of nitrogens with one attached hydrogen (secondary N) is 1. The van der Waals surface area contributed by atoms with Crippen molar-refractivity contribution < 1.29 is 13.9 Å². The molecule has 1 amide bonds. The van der Waals surface area contributed by atoms with Gasteiger partial charge in [0.05, 0.1) is 23.5 Å². The molecule has 1 N–H and O–H groups in total. The smallest absolute Gasteiger partial charge is 0.273 e. The Bertz CT molecular complexity index is 751. The molecule has 0 aliphatic rings. The highest BCUT2D eigenvalue weighted by molar-refractivity contribution is 6.34. The lowest BCUT2D eigenvalue weighted by Gasteiger charge is -2.13. The van der Waals surface area contributed by atoms with Crippen LogP contribution in [0.2, 0.25) is 5.02 Å². The van der Waals surface area contributed by atoms with Crippen LogP contribution in [0.15, 0.2) is 18.2 Å². The van der Waals surface area contributed by atoms with E-state index in [1.54, 1.807) is 13.1 Å². The van der Waals surface area contributed by atoms with Gasteiger partial charge in [-0.1, -0.05) is 32.4 Å². The third-order valence-electron chi connectivity index (χ3n) is 3.37. The van der Waals surface area contributed by atoms with Crippen LogP contribution in [0.5, 0.6) is 5.75 Å². The summed E-state index contributed by atoms with van der Waals surface area (Å²) in [5, 5.41) is 7.10. The maximum atomic E-state index is 13.6. The summed E-state index contributed by atoms with van der Waals surface area (Å²) in [6, 6.07) is 4.17. The zero-order valence-electron chi connectivity index (χ0n) is 13.7. The van der Waals surface area contributed by atoms with Gasteiger partial charge in [0.2, 0.25) is 0 Å². The molecule has 2 rings (SSSR count). The molecular formula is C16H19ClFN3O2. The first kappa shape index (κ1) is 17.3. The van der Waals surface area contributed by atoms with Crippen molar-refractivity contribution in [3.05, 3.63) is 40.4 Å². The van der Waals surface area contributed by atoms with Gasteiger partial charge in [0.1, 0.15) is 5.69 Å². The topological polar surface area (TPSA) is 56.1 Å². The quantitative estimate of drug-likeness (QED) is 0.926. The van der Waals surface area contributed by atoms with Crippen LogP contribution in [0.3, 0.4) is 0 Å². The third kappa shape index (κ3) is 3.64. The molecule has 124 valence electrons. The summed E-state index contributed by atoms with van der Waals surface area (Å²) in [6.07, 6.45) is 0. The van der Waals surface area contributed by atoms with Gasteiger partial charge in [-0.05, 0) is 12.1 Å². The van der Waals surface area contributed by atoms with Crippen molar-refractivity contribution in [2.75, 3.05) is 12.4 Å². The molecule has 7 heteroatoms. The minimum Gasteiger partial charge on any atom is -0.494 e. The van der Waals surface area contributed by atoms with Gasteiger partial charge >= 0.3 is 0 Å².